The van der Waals surface area contributed by atoms with E-state index in [-0.39, 0.29) is 13.2 Å². The van der Waals surface area contributed by atoms with Crippen molar-refractivity contribution in [1.82, 2.24) is 15.0 Å². The van der Waals surface area contributed by atoms with Crippen molar-refractivity contribution in [1.29, 1.82) is 0 Å². The molecule has 0 amide bonds. The number of aromatic nitrogens is 3. The van der Waals surface area contributed by atoms with Crippen LogP contribution in [0.1, 0.15) is 6.04 Å². The number of nitrogens with zero attached hydrogens (tertiary/aromatic N) is 3. The van der Waals surface area contributed by atoms with Crippen molar-refractivity contribution in [2.24, 2.45) is 0 Å². The number of ether oxygens (including phenoxy) is 1. The molecule has 10 heteroatoms. The van der Waals surface area contributed by atoms with Crippen LogP contribution < -0.4 is 0 Å². The van der Waals surface area contributed by atoms with Gasteiger partial charge in [0.1, 0.15) is 29.8 Å². The van der Waals surface area contributed by atoms with Crippen LogP contribution in [0.5, 0.6) is 0 Å². The van der Waals surface area contributed by atoms with E-state index in [1.54, 1.807) is 12.1 Å². The largest absolute Gasteiger partial charge is 0.388 e. The topological polar surface area (TPSA) is 107 Å². The smallest absolute Gasteiger partial charge is 0.302 e. The van der Waals surface area contributed by atoms with Crippen LogP contribution in [0.4, 0.5) is 4.39 Å². The summed E-state index contributed by atoms with van der Waals surface area (Å²) in [6.07, 6.45) is -0.513. The van der Waals surface area contributed by atoms with Gasteiger partial charge >= 0.3 is 11.4 Å². The van der Waals surface area contributed by atoms with Crippen molar-refractivity contribution in [2.75, 3.05) is 13.2 Å². The van der Waals surface area contributed by atoms with Gasteiger partial charge in [-0.1, -0.05) is 17.3 Å². The summed E-state index contributed by atoms with van der Waals surface area (Å²) in [7, 11) is 0. The third kappa shape index (κ3) is 3.62. The lowest BCUT2D eigenvalue weighted by atomic mass is 10.0. The summed E-state index contributed by atoms with van der Waals surface area (Å²) in [6, 6.07) is 5.24. The molecule has 0 spiro atoms. The fourth-order valence-electron chi connectivity index (χ4n) is 2.42. The predicted octanol–water partition coefficient (Wildman–Crippen LogP) is 0.538. The molecule has 1 aliphatic rings. The van der Waals surface area contributed by atoms with Crippen LogP contribution in [-0.4, -0.2) is 54.3 Å². The van der Waals surface area contributed by atoms with Crippen molar-refractivity contribution in [3.63, 3.8) is 0 Å². The van der Waals surface area contributed by atoms with Crippen molar-refractivity contribution < 1.29 is 27.2 Å². The first-order chi connectivity index (χ1) is 11.0. The van der Waals surface area contributed by atoms with E-state index in [4.69, 9.17) is 13.5 Å². The molecule has 0 radical (unpaired) electrons. The van der Waals surface area contributed by atoms with Gasteiger partial charge in [-0.05, 0) is 12.1 Å². The minimum absolute atomic E-state index is 0.0101. The van der Waals surface area contributed by atoms with E-state index in [1.807, 2.05) is 0 Å². The minimum Gasteiger partial charge on any atom is -0.388 e. The van der Waals surface area contributed by atoms with Crippen LogP contribution in [-0.2, 0) is 20.3 Å². The third-order valence-electron chi connectivity index (χ3n) is 3.50. The Balaban J connectivity index is 1.87. The molecule has 0 bridgehead atoms. The van der Waals surface area contributed by atoms with Crippen LogP contribution in [0.15, 0.2) is 30.5 Å². The second-order valence-electron chi connectivity index (χ2n) is 5.04. The Morgan fingerprint density at radius 2 is 2.26 bits per heavy atom. The molecule has 2 heterocycles. The fourth-order valence-corrected chi connectivity index (χ4v) is 2.87. The Hall–Kier alpha value is -1.72. The third-order valence-corrected chi connectivity index (χ3v) is 3.89. The van der Waals surface area contributed by atoms with Gasteiger partial charge in [0.15, 0.2) is 0 Å². The van der Waals surface area contributed by atoms with E-state index in [9.17, 15) is 13.7 Å². The van der Waals surface area contributed by atoms with Crippen LogP contribution >= 0.6 is 0 Å². The maximum absolute atomic E-state index is 13.3. The van der Waals surface area contributed by atoms with E-state index in [0.29, 0.717) is 11.3 Å². The van der Waals surface area contributed by atoms with E-state index in [1.165, 1.54) is 23.0 Å². The van der Waals surface area contributed by atoms with Crippen molar-refractivity contribution >= 4 is 11.4 Å². The normalized spacial score (nSPS) is 26.1. The Morgan fingerprint density at radius 1 is 1.43 bits per heavy atom. The van der Waals surface area contributed by atoms with Gasteiger partial charge in [0, 0.05) is 5.56 Å². The molecule has 0 aliphatic carbocycles. The molecular weight excluding hydrogens is 329 g/mol. The van der Waals surface area contributed by atoms with Crippen molar-refractivity contribution in [3.8, 4) is 11.3 Å². The summed E-state index contributed by atoms with van der Waals surface area (Å²) >= 11 is -2.54. The van der Waals surface area contributed by atoms with Gasteiger partial charge in [-0.25, -0.2) is 9.07 Å². The zero-order valence-electron chi connectivity index (χ0n) is 11.8. The summed E-state index contributed by atoms with van der Waals surface area (Å²) in [5.74, 6) is -0.398. The number of benzene rings is 1. The molecule has 3 rings (SSSR count). The molecule has 0 saturated carbocycles. The quantitative estimate of drug-likeness (QED) is 0.780. The highest BCUT2D eigenvalue weighted by Gasteiger charge is 2.37. The average Bonchev–Trinajstić information content (AvgIpc) is 2.99. The summed E-state index contributed by atoms with van der Waals surface area (Å²) in [5, 5.41) is 17.8. The maximum atomic E-state index is 13.3. The predicted molar refractivity (Wildman–Crippen MR) is 76.9 cm³/mol. The van der Waals surface area contributed by atoms with Gasteiger partial charge in [0.05, 0.1) is 19.4 Å². The van der Waals surface area contributed by atoms with Gasteiger partial charge in [0.25, 0.3) is 0 Å². The lowest BCUT2D eigenvalue weighted by molar-refractivity contribution is -0.105. The van der Waals surface area contributed by atoms with E-state index >= 15 is 0 Å². The Morgan fingerprint density at radius 3 is 3.00 bits per heavy atom. The monoisotopic (exact) mass is 343 g/mol. The second-order valence-corrected chi connectivity index (χ2v) is 5.67. The van der Waals surface area contributed by atoms with Gasteiger partial charge in [-0.2, -0.15) is 4.21 Å². The fraction of sp³-hybridized carbons (Fsp3) is 0.385. The standard InChI is InChI=1S/C13H14FN3O5S/c14-9-3-1-2-8(4-9)10-5-17(16-15-10)11-6-21-7-12(18)13(11)22-23(19)20/h1-5,11-13,18H,6-7H2,(H,19,20)/t11-,12-,13+/m0/s1. The maximum Gasteiger partial charge on any atom is 0.302 e. The first-order valence-corrected chi connectivity index (χ1v) is 7.79. The molecule has 1 saturated heterocycles. The number of hydrogen-bond donors (Lipinski definition) is 2. The number of halogens is 1. The number of aliphatic hydroxyl groups is 1. The average molecular weight is 343 g/mol. The second kappa shape index (κ2) is 6.81. The van der Waals surface area contributed by atoms with Gasteiger partial charge in [-0.15, -0.1) is 5.10 Å². The SMILES string of the molecule is O=S(O)O[C@H]1[C@@H](O)COC[C@@H]1n1cc(-c2cccc(F)c2)nn1. The molecule has 2 N–H and O–H groups in total. The molecule has 1 aromatic heterocycles. The molecule has 4 atom stereocenters. The first kappa shape index (κ1) is 16.1. The lowest BCUT2D eigenvalue weighted by Crippen LogP contribution is -2.47. The summed E-state index contributed by atoms with van der Waals surface area (Å²) in [5.41, 5.74) is 0.963. The summed E-state index contributed by atoms with van der Waals surface area (Å²) in [4.78, 5) is 0. The Bertz CT molecular complexity index is 712. The van der Waals surface area contributed by atoms with Crippen LogP contribution in [0.2, 0.25) is 0 Å². The number of rotatable bonds is 4. The van der Waals surface area contributed by atoms with Gasteiger partial charge < -0.3 is 9.84 Å². The summed E-state index contributed by atoms with van der Waals surface area (Å²) < 4.78 is 44.6. The van der Waals surface area contributed by atoms with Crippen molar-refractivity contribution in [2.45, 2.75) is 18.2 Å². The van der Waals surface area contributed by atoms with Crippen LogP contribution in [0.25, 0.3) is 11.3 Å². The lowest BCUT2D eigenvalue weighted by Gasteiger charge is -2.33. The number of aliphatic hydroxyl groups excluding tert-OH is 1. The van der Waals surface area contributed by atoms with Gasteiger partial charge in [0.2, 0.25) is 0 Å². The molecule has 1 aromatic carbocycles. The highest BCUT2D eigenvalue weighted by atomic mass is 32.2. The Labute approximate surface area is 133 Å². The molecular formula is C13H14FN3O5S. The van der Waals surface area contributed by atoms with Crippen LogP contribution in [0.3, 0.4) is 0 Å². The molecule has 8 nitrogen and oxygen atoms in total. The molecule has 1 unspecified atom stereocenters. The number of hydrogen-bond acceptors (Lipinski definition) is 6. The van der Waals surface area contributed by atoms with Crippen LogP contribution in [0, 0.1) is 5.82 Å². The molecule has 1 fully saturated rings. The minimum atomic E-state index is -2.54. The zero-order valence-corrected chi connectivity index (χ0v) is 12.6. The molecule has 2 aromatic rings. The zero-order chi connectivity index (χ0) is 16.4. The first-order valence-electron chi connectivity index (χ1n) is 6.76. The summed E-state index contributed by atoms with van der Waals surface area (Å²) in [6.45, 7) is 0.120. The highest BCUT2D eigenvalue weighted by molar-refractivity contribution is 7.74. The highest BCUT2D eigenvalue weighted by Crippen LogP contribution is 2.25. The van der Waals surface area contributed by atoms with E-state index in [0.717, 1.165) is 0 Å². The molecule has 124 valence electrons. The molecule has 1 aliphatic heterocycles. The molecule has 23 heavy (non-hydrogen) atoms. The van der Waals surface area contributed by atoms with E-state index < -0.39 is 35.4 Å². The van der Waals surface area contributed by atoms with Crippen molar-refractivity contribution in [3.05, 3.63) is 36.3 Å². The van der Waals surface area contributed by atoms with Gasteiger partial charge in [-0.3, -0.25) is 8.74 Å². The Kier molecular flexibility index (Phi) is 4.78. The van der Waals surface area contributed by atoms with E-state index in [2.05, 4.69) is 10.3 Å².